The Morgan fingerprint density at radius 2 is 1.70 bits per heavy atom. The summed E-state index contributed by atoms with van der Waals surface area (Å²) in [5.41, 5.74) is 3.47. The third kappa shape index (κ3) is 7.58. The third-order valence-electron chi connectivity index (χ3n) is 4.86. The predicted octanol–water partition coefficient (Wildman–Crippen LogP) is 7.18. The first-order chi connectivity index (χ1) is 15.8. The highest BCUT2D eigenvalue weighted by Gasteiger charge is 2.12. The van der Waals surface area contributed by atoms with Crippen molar-refractivity contribution in [2.24, 2.45) is 5.92 Å². The van der Waals surface area contributed by atoms with E-state index in [1.807, 2.05) is 68.4 Å². The number of halogens is 2. The van der Waals surface area contributed by atoms with Gasteiger partial charge in [-0.15, -0.1) is 0 Å². The van der Waals surface area contributed by atoms with Crippen molar-refractivity contribution in [1.29, 1.82) is 0 Å². The lowest BCUT2D eigenvalue weighted by Gasteiger charge is -2.15. The van der Waals surface area contributed by atoms with Crippen LogP contribution in [0.3, 0.4) is 0 Å². The van der Waals surface area contributed by atoms with Crippen molar-refractivity contribution in [3.8, 4) is 11.5 Å². The van der Waals surface area contributed by atoms with Gasteiger partial charge in [0, 0.05) is 40.5 Å². The average Bonchev–Trinajstić information content (AvgIpc) is 2.77. The smallest absolute Gasteiger partial charge is 0.224 e. The second kappa shape index (κ2) is 11.8. The molecule has 0 fully saturated rings. The van der Waals surface area contributed by atoms with Crippen molar-refractivity contribution < 1.29 is 14.3 Å². The van der Waals surface area contributed by atoms with Crippen molar-refractivity contribution in [2.45, 2.75) is 33.4 Å². The molecular formula is C26H28Cl2N2O3. The normalized spacial score (nSPS) is 10.7. The van der Waals surface area contributed by atoms with Crippen LogP contribution in [-0.4, -0.2) is 13.0 Å². The second-order valence-electron chi connectivity index (χ2n) is 8.09. The summed E-state index contributed by atoms with van der Waals surface area (Å²) in [6.07, 6.45) is 0.486. The molecule has 0 saturated heterocycles. The molecule has 3 aromatic rings. The Labute approximate surface area is 205 Å². The van der Waals surface area contributed by atoms with Crippen LogP contribution in [-0.2, 0) is 17.9 Å². The molecule has 0 aliphatic carbocycles. The highest BCUT2D eigenvalue weighted by Crippen LogP contribution is 2.34. The number of ether oxygens (including phenoxy) is 2. The minimum atomic E-state index is 0.00381. The van der Waals surface area contributed by atoms with Gasteiger partial charge >= 0.3 is 0 Å². The van der Waals surface area contributed by atoms with Crippen LogP contribution in [0.25, 0.3) is 0 Å². The standard InChI is InChI=1S/C26H28Cl2N2O3/c1-17(2)11-26(31)30-22-6-4-5-21(13-22)29-15-19-12-24(32-3)25(14-23(19)28)33-16-18-7-9-20(27)10-8-18/h4-10,12-14,17,29H,11,15-16H2,1-3H3,(H,30,31). The van der Waals surface area contributed by atoms with Crippen LogP contribution in [0.2, 0.25) is 10.0 Å². The molecule has 7 heteroatoms. The lowest BCUT2D eigenvalue weighted by molar-refractivity contribution is -0.116. The monoisotopic (exact) mass is 486 g/mol. The number of carbonyl (C=O) groups excluding carboxylic acids is 1. The molecule has 0 aliphatic heterocycles. The Bertz CT molecular complexity index is 1090. The Morgan fingerprint density at radius 3 is 2.39 bits per heavy atom. The molecule has 0 radical (unpaired) electrons. The van der Waals surface area contributed by atoms with Gasteiger partial charge in [0.25, 0.3) is 0 Å². The van der Waals surface area contributed by atoms with Crippen molar-refractivity contribution in [3.05, 3.63) is 81.8 Å². The maximum Gasteiger partial charge on any atom is 0.224 e. The van der Waals surface area contributed by atoms with E-state index in [9.17, 15) is 4.79 Å². The molecular weight excluding hydrogens is 459 g/mol. The quantitative estimate of drug-likeness (QED) is 0.318. The summed E-state index contributed by atoms with van der Waals surface area (Å²) in [4.78, 5) is 12.0. The van der Waals surface area contributed by atoms with E-state index in [1.54, 1.807) is 13.2 Å². The zero-order valence-corrected chi connectivity index (χ0v) is 20.5. The summed E-state index contributed by atoms with van der Waals surface area (Å²) in [6, 6.07) is 18.7. The van der Waals surface area contributed by atoms with Crippen LogP contribution in [0, 0.1) is 5.92 Å². The summed E-state index contributed by atoms with van der Waals surface area (Å²) in [6.45, 7) is 4.89. The molecule has 0 aliphatic rings. The molecule has 5 nitrogen and oxygen atoms in total. The predicted molar refractivity (Wildman–Crippen MR) is 136 cm³/mol. The third-order valence-corrected chi connectivity index (χ3v) is 5.47. The summed E-state index contributed by atoms with van der Waals surface area (Å²) < 4.78 is 11.4. The highest BCUT2D eigenvalue weighted by molar-refractivity contribution is 6.31. The van der Waals surface area contributed by atoms with Crippen LogP contribution in [0.5, 0.6) is 11.5 Å². The van der Waals surface area contributed by atoms with E-state index in [-0.39, 0.29) is 5.91 Å². The topological polar surface area (TPSA) is 59.6 Å². The van der Waals surface area contributed by atoms with Crippen molar-refractivity contribution >= 4 is 40.5 Å². The number of benzene rings is 3. The average molecular weight is 487 g/mol. The molecule has 0 unspecified atom stereocenters. The number of carbonyl (C=O) groups is 1. The van der Waals surface area contributed by atoms with Crippen LogP contribution < -0.4 is 20.1 Å². The number of rotatable bonds is 10. The fourth-order valence-electron chi connectivity index (χ4n) is 3.21. The molecule has 174 valence electrons. The first-order valence-electron chi connectivity index (χ1n) is 10.7. The molecule has 3 aromatic carbocycles. The fraction of sp³-hybridized carbons (Fsp3) is 0.269. The Hall–Kier alpha value is -2.89. The number of hydrogen-bond donors (Lipinski definition) is 2. The Balaban J connectivity index is 1.64. The van der Waals surface area contributed by atoms with Crippen molar-refractivity contribution in [2.75, 3.05) is 17.7 Å². The number of amides is 1. The molecule has 0 bridgehead atoms. The summed E-state index contributed by atoms with van der Waals surface area (Å²) >= 11 is 12.5. The van der Waals surface area contributed by atoms with Crippen LogP contribution >= 0.6 is 23.2 Å². The lowest BCUT2D eigenvalue weighted by atomic mass is 10.1. The van der Waals surface area contributed by atoms with Gasteiger partial charge in [-0.2, -0.15) is 0 Å². The van der Waals surface area contributed by atoms with Gasteiger partial charge in [0.1, 0.15) is 6.61 Å². The maximum absolute atomic E-state index is 12.0. The van der Waals surface area contributed by atoms with Crippen LogP contribution in [0.1, 0.15) is 31.4 Å². The minimum Gasteiger partial charge on any atom is -0.493 e. The Morgan fingerprint density at radius 1 is 0.970 bits per heavy atom. The van der Waals surface area contributed by atoms with Gasteiger partial charge in [0.2, 0.25) is 5.91 Å². The van der Waals surface area contributed by atoms with Gasteiger partial charge < -0.3 is 20.1 Å². The van der Waals surface area contributed by atoms with E-state index >= 15 is 0 Å². The number of hydrogen-bond acceptors (Lipinski definition) is 4. The molecule has 2 N–H and O–H groups in total. The largest absolute Gasteiger partial charge is 0.493 e. The van der Waals surface area contributed by atoms with Crippen LogP contribution in [0.4, 0.5) is 11.4 Å². The SMILES string of the molecule is COc1cc(CNc2cccc(NC(=O)CC(C)C)c2)c(Cl)cc1OCc1ccc(Cl)cc1. The minimum absolute atomic E-state index is 0.00381. The zero-order chi connectivity index (χ0) is 23.8. The van der Waals surface area contributed by atoms with Gasteiger partial charge in [-0.05, 0) is 53.4 Å². The van der Waals surface area contributed by atoms with Gasteiger partial charge in [-0.3, -0.25) is 4.79 Å². The molecule has 1 amide bonds. The molecule has 0 spiro atoms. The molecule has 33 heavy (non-hydrogen) atoms. The van der Waals surface area contributed by atoms with Gasteiger partial charge in [0.05, 0.1) is 7.11 Å². The molecule has 0 saturated carbocycles. The number of nitrogens with one attached hydrogen (secondary N) is 2. The molecule has 0 atom stereocenters. The first kappa shape index (κ1) is 24.7. The zero-order valence-electron chi connectivity index (χ0n) is 19.0. The molecule has 3 rings (SSSR count). The van der Waals surface area contributed by atoms with Crippen molar-refractivity contribution in [3.63, 3.8) is 0 Å². The summed E-state index contributed by atoms with van der Waals surface area (Å²) in [5.74, 6) is 1.47. The van der Waals surface area contributed by atoms with E-state index < -0.39 is 0 Å². The summed E-state index contributed by atoms with van der Waals surface area (Å²) in [7, 11) is 1.60. The van der Waals surface area contributed by atoms with Gasteiger partial charge in [0.15, 0.2) is 11.5 Å². The molecule has 0 heterocycles. The van der Waals surface area contributed by atoms with E-state index in [1.165, 1.54) is 0 Å². The molecule has 0 aromatic heterocycles. The van der Waals surface area contributed by atoms with Gasteiger partial charge in [-0.1, -0.05) is 55.2 Å². The first-order valence-corrected chi connectivity index (χ1v) is 11.5. The second-order valence-corrected chi connectivity index (χ2v) is 8.93. The van der Waals surface area contributed by atoms with Gasteiger partial charge in [-0.25, -0.2) is 0 Å². The van der Waals surface area contributed by atoms with E-state index in [0.717, 1.165) is 22.5 Å². The summed E-state index contributed by atoms with van der Waals surface area (Å²) in [5, 5.41) is 7.52. The lowest BCUT2D eigenvalue weighted by Crippen LogP contribution is -2.13. The van der Waals surface area contributed by atoms with E-state index in [0.29, 0.717) is 47.0 Å². The van der Waals surface area contributed by atoms with Crippen LogP contribution in [0.15, 0.2) is 60.7 Å². The van der Waals surface area contributed by atoms with E-state index in [2.05, 4.69) is 10.6 Å². The highest BCUT2D eigenvalue weighted by atomic mass is 35.5. The number of anilines is 2. The Kier molecular flexibility index (Phi) is 8.87. The fourth-order valence-corrected chi connectivity index (χ4v) is 3.56. The van der Waals surface area contributed by atoms with E-state index in [4.69, 9.17) is 32.7 Å². The maximum atomic E-state index is 12.0. The van der Waals surface area contributed by atoms with Crippen molar-refractivity contribution in [1.82, 2.24) is 0 Å². The number of methoxy groups -OCH3 is 1.